The molecule has 0 atom stereocenters. The summed E-state index contributed by atoms with van der Waals surface area (Å²) in [6.45, 7) is 5.24. The quantitative estimate of drug-likeness (QED) is 0.184. The van der Waals surface area contributed by atoms with Gasteiger partial charge in [-0.3, -0.25) is 19.4 Å². The average molecular weight is 843 g/mol. The highest BCUT2D eigenvalue weighted by molar-refractivity contribution is 6.33. The van der Waals surface area contributed by atoms with E-state index in [9.17, 15) is 27.6 Å². The van der Waals surface area contributed by atoms with Crippen molar-refractivity contribution in [2.24, 2.45) is 0 Å². The molecule has 0 radical (unpaired) electrons. The number of ether oxygens (including phenoxy) is 2. The van der Waals surface area contributed by atoms with Crippen molar-refractivity contribution in [1.29, 1.82) is 0 Å². The second-order valence-corrected chi connectivity index (χ2v) is 14.7. The van der Waals surface area contributed by atoms with Crippen molar-refractivity contribution in [3.63, 3.8) is 0 Å². The molecule has 0 spiro atoms. The van der Waals surface area contributed by atoms with Crippen LogP contribution in [0.1, 0.15) is 51.2 Å². The monoisotopic (exact) mass is 842 g/mol. The fourth-order valence-electron chi connectivity index (χ4n) is 7.34. The first kappa shape index (κ1) is 40.4. The van der Waals surface area contributed by atoms with Crippen molar-refractivity contribution in [2.45, 2.75) is 52.6 Å². The second-order valence-electron chi connectivity index (χ2n) is 14.3. The number of benzene rings is 2. The number of amides is 2. The van der Waals surface area contributed by atoms with Gasteiger partial charge in [-0.25, -0.2) is 9.97 Å². The Kier molecular flexibility index (Phi) is 11.2. The molecule has 2 aliphatic heterocycles. The molecule has 0 bridgehead atoms. The highest BCUT2D eigenvalue weighted by Crippen LogP contribution is 2.34. The van der Waals surface area contributed by atoms with Crippen LogP contribution in [0.15, 0.2) is 71.9 Å². The molecule has 6 heterocycles. The number of nitrogens with zero attached hydrogens (tertiary/aromatic N) is 9. The number of carbonyl (C=O) groups excluding carboxylic acids is 2. The topological polar surface area (TPSA) is 162 Å². The standard InChI is InChI=1S/C41H38ClF3N10O5/c1-3-32-35(52-12-14-53(15-13-52)38(57)34-36(24(2)47-23-48-34)60-21-25-7-5-4-6-8-25)39(58)55-40(50-37(51-55)27-17-26-11-16-59-22-31(26)46-19-27)54(32)20-33(56)49-30-10-9-28(18-29(30)42)41(43,44)45/h4-10,17-19,23H,3,11-16,20-22H2,1-2H3,(H,49,56). The number of hydrogen-bond acceptors (Lipinski definition) is 11. The Bertz CT molecular complexity index is 2660. The minimum Gasteiger partial charge on any atom is -0.485 e. The van der Waals surface area contributed by atoms with E-state index in [0.29, 0.717) is 36.6 Å². The number of aryl methyl sites for hydroxylation is 1. The van der Waals surface area contributed by atoms with Gasteiger partial charge in [0.2, 0.25) is 11.7 Å². The van der Waals surface area contributed by atoms with Crippen LogP contribution in [0.2, 0.25) is 5.02 Å². The van der Waals surface area contributed by atoms with E-state index < -0.39 is 29.8 Å². The number of nitrogens with one attached hydrogen (secondary N) is 1. The second kappa shape index (κ2) is 16.7. The van der Waals surface area contributed by atoms with Gasteiger partial charge >= 0.3 is 6.18 Å². The number of alkyl halides is 3. The summed E-state index contributed by atoms with van der Waals surface area (Å²) in [5.41, 5.74) is 3.14. The molecule has 2 aliphatic rings. The van der Waals surface area contributed by atoms with Gasteiger partial charge in [-0.1, -0.05) is 48.9 Å². The van der Waals surface area contributed by atoms with Crippen LogP contribution in [0.4, 0.5) is 24.5 Å². The zero-order chi connectivity index (χ0) is 42.1. The molecule has 2 aromatic carbocycles. The van der Waals surface area contributed by atoms with Crippen molar-refractivity contribution < 1.29 is 32.2 Å². The number of aromatic nitrogens is 7. The number of fused-ring (bicyclic) bond motifs is 2. The van der Waals surface area contributed by atoms with Crippen LogP contribution in [0, 0.1) is 6.92 Å². The maximum Gasteiger partial charge on any atom is 0.416 e. The molecule has 2 amide bonds. The molecular formula is C41H38ClF3N10O5. The molecule has 310 valence electrons. The van der Waals surface area contributed by atoms with E-state index in [4.69, 9.17) is 26.1 Å². The first-order valence-electron chi connectivity index (χ1n) is 19.2. The first-order valence-corrected chi connectivity index (χ1v) is 19.5. The van der Waals surface area contributed by atoms with E-state index in [1.807, 2.05) is 48.2 Å². The number of piperazine rings is 1. The number of hydrogen-bond donors (Lipinski definition) is 1. The lowest BCUT2D eigenvalue weighted by Crippen LogP contribution is -2.51. The molecule has 0 saturated carbocycles. The summed E-state index contributed by atoms with van der Waals surface area (Å²) in [6, 6.07) is 14.1. The van der Waals surface area contributed by atoms with Crippen molar-refractivity contribution in [1.82, 2.24) is 39.0 Å². The minimum absolute atomic E-state index is 0.0235. The Morgan fingerprint density at radius 3 is 2.53 bits per heavy atom. The first-order chi connectivity index (χ1) is 28.9. The zero-order valence-corrected chi connectivity index (χ0v) is 33.3. The SMILES string of the molecule is CCc1c(N2CCN(C(=O)c3ncnc(C)c3OCc3ccccc3)CC2)c(=O)n2nc(-c3cnc4c(c3)CCOC4)nc2n1CC(=O)Nc1ccc(C(F)(F)F)cc1Cl. The van der Waals surface area contributed by atoms with Crippen molar-refractivity contribution in [2.75, 3.05) is 43.0 Å². The predicted octanol–water partition coefficient (Wildman–Crippen LogP) is 5.54. The van der Waals surface area contributed by atoms with Crippen molar-refractivity contribution in [3.8, 4) is 17.1 Å². The van der Waals surface area contributed by atoms with Crippen LogP contribution in [-0.2, 0) is 48.3 Å². The zero-order valence-electron chi connectivity index (χ0n) is 32.5. The van der Waals surface area contributed by atoms with Crippen LogP contribution in [-0.4, -0.2) is 83.6 Å². The molecule has 15 nitrogen and oxygen atoms in total. The van der Waals surface area contributed by atoms with Gasteiger partial charge in [-0.2, -0.15) is 22.7 Å². The van der Waals surface area contributed by atoms with Crippen LogP contribution in [0.5, 0.6) is 5.75 Å². The van der Waals surface area contributed by atoms with Gasteiger partial charge in [0.05, 0.1) is 46.6 Å². The van der Waals surface area contributed by atoms with E-state index >= 15 is 0 Å². The van der Waals surface area contributed by atoms with Gasteiger partial charge < -0.3 is 29.2 Å². The lowest BCUT2D eigenvalue weighted by atomic mass is 10.1. The molecule has 8 rings (SSSR count). The van der Waals surface area contributed by atoms with Crippen molar-refractivity contribution in [3.05, 3.63) is 122 Å². The van der Waals surface area contributed by atoms with E-state index in [0.717, 1.165) is 39.5 Å². The fourth-order valence-corrected chi connectivity index (χ4v) is 7.56. The molecule has 6 aromatic rings. The fraction of sp³-hybridized carbons (Fsp3) is 0.317. The van der Waals surface area contributed by atoms with E-state index in [1.54, 1.807) is 22.6 Å². The van der Waals surface area contributed by atoms with Gasteiger partial charge in [0.1, 0.15) is 25.2 Å². The van der Waals surface area contributed by atoms with E-state index in [-0.39, 0.29) is 84.6 Å². The predicted molar refractivity (Wildman–Crippen MR) is 214 cm³/mol. The summed E-state index contributed by atoms with van der Waals surface area (Å²) in [6.07, 6.45) is -0.784. The molecule has 0 unspecified atom stereocenters. The summed E-state index contributed by atoms with van der Waals surface area (Å²) in [5.74, 6) is -0.425. The number of halogens is 4. The third-order valence-corrected chi connectivity index (χ3v) is 10.7. The normalized spacial score (nSPS) is 14.3. The minimum atomic E-state index is -4.62. The summed E-state index contributed by atoms with van der Waals surface area (Å²) in [7, 11) is 0. The van der Waals surface area contributed by atoms with Crippen LogP contribution >= 0.6 is 11.6 Å². The largest absolute Gasteiger partial charge is 0.485 e. The molecule has 19 heteroatoms. The summed E-state index contributed by atoms with van der Waals surface area (Å²) >= 11 is 6.18. The smallest absolute Gasteiger partial charge is 0.416 e. The summed E-state index contributed by atoms with van der Waals surface area (Å²) < 4.78 is 54.3. The lowest BCUT2D eigenvalue weighted by Gasteiger charge is -2.36. The van der Waals surface area contributed by atoms with E-state index in [1.165, 1.54) is 6.33 Å². The van der Waals surface area contributed by atoms with Crippen LogP contribution in [0.3, 0.4) is 0 Å². The molecule has 1 N–H and O–H groups in total. The highest BCUT2D eigenvalue weighted by atomic mass is 35.5. The third-order valence-electron chi connectivity index (χ3n) is 10.4. The number of anilines is 2. The molecular weight excluding hydrogens is 805 g/mol. The number of carbonyl (C=O) groups is 2. The highest BCUT2D eigenvalue weighted by Gasteiger charge is 2.33. The van der Waals surface area contributed by atoms with Gasteiger partial charge in [0.25, 0.3) is 11.5 Å². The molecule has 1 saturated heterocycles. The number of pyridine rings is 1. The maximum absolute atomic E-state index is 14.5. The van der Waals surface area contributed by atoms with E-state index in [2.05, 4.69) is 25.4 Å². The Morgan fingerprint density at radius 1 is 1.02 bits per heavy atom. The average Bonchev–Trinajstić information content (AvgIpc) is 3.71. The van der Waals surface area contributed by atoms with Gasteiger partial charge in [-0.15, -0.1) is 5.10 Å². The molecule has 0 aliphatic carbocycles. The maximum atomic E-state index is 14.5. The Balaban J connectivity index is 1.11. The Labute approximate surface area is 345 Å². The Morgan fingerprint density at radius 2 is 1.80 bits per heavy atom. The van der Waals surface area contributed by atoms with Crippen molar-refractivity contribution >= 4 is 40.6 Å². The Hall–Kier alpha value is -6.40. The summed E-state index contributed by atoms with van der Waals surface area (Å²) in [4.78, 5) is 63.5. The molecule has 1 fully saturated rings. The van der Waals surface area contributed by atoms with Crippen LogP contribution < -0.4 is 20.5 Å². The van der Waals surface area contributed by atoms with Gasteiger partial charge in [-0.05, 0) is 55.2 Å². The number of rotatable bonds is 10. The summed E-state index contributed by atoms with van der Waals surface area (Å²) in [5, 5.41) is 6.93. The molecule has 4 aromatic heterocycles. The van der Waals surface area contributed by atoms with Crippen LogP contribution in [0.25, 0.3) is 17.2 Å². The lowest BCUT2D eigenvalue weighted by molar-refractivity contribution is -0.137. The third kappa shape index (κ3) is 8.11. The van der Waals surface area contributed by atoms with Gasteiger partial charge in [0, 0.05) is 37.9 Å². The molecule has 60 heavy (non-hydrogen) atoms. The van der Waals surface area contributed by atoms with Gasteiger partial charge in [0.15, 0.2) is 17.3 Å².